The Morgan fingerprint density at radius 2 is 1.44 bits per heavy atom. The molecule has 3 aromatic carbocycles. The number of sulfonamides is 1. The average Bonchev–Trinajstić information content (AvgIpc) is 2.94. The van der Waals surface area contributed by atoms with Crippen molar-refractivity contribution in [2.24, 2.45) is 0 Å². The average molecular weight is 550 g/mol. The van der Waals surface area contributed by atoms with E-state index in [1.54, 1.807) is 12.1 Å². The van der Waals surface area contributed by atoms with Crippen LogP contribution in [0.25, 0.3) is 0 Å². The molecule has 0 aliphatic rings. The summed E-state index contributed by atoms with van der Waals surface area (Å²) in [5.41, 5.74) is 3.06. The van der Waals surface area contributed by atoms with Crippen LogP contribution in [0.3, 0.4) is 0 Å². The molecular formula is C31H39N3O4S. The van der Waals surface area contributed by atoms with Crippen molar-refractivity contribution < 1.29 is 18.0 Å². The van der Waals surface area contributed by atoms with Crippen LogP contribution < -0.4 is 9.62 Å². The third-order valence-corrected chi connectivity index (χ3v) is 7.74. The standard InChI is InChI=1S/C31H39N3O4S/c1-4-6-21-32-31(36)29(22-25-15-9-7-10-16-25)33(23-26-17-11-8-12-18-26)30(35)24-34(39(3,37)38)28-20-14-13-19-27(28)5-2/h7-20,29H,4-6,21-24H2,1-3H3,(H,32,36)/t29-/m0/s1. The van der Waals surface area contributed by atoms with Gasteiger partial charge in [-0.15, -0.1) is 0 Å². The van der Waals surface area contributed by atoms with Gasteiger partial charge in [-0.05, 0) is 35.6 Å². The fourth-order valence-corrected chi connectivity index (χ4v) is 5.37. The van der Waals surface area contributed by atoms with E-state index in [0.717, 1.165) is 40.1 Å². The number of amides is 2. The van der Waals surface area contributed by atoms with Gasteiger partial charge in [-0.2, -0.15) is 0 Å². The number of anilines is 1. The van der Waals surface area contributed by atoms with Crippen molar-refractivity contribution in [3.05, 3.63) is 102 Å². The van der Waals surface area contributed by atoms with Gasteiger partial charge in [-0.25, -0.2) is 8.42 Å². The van der Waals surface area contributed by atoms with Gasteiger partial charge in [-0.3, -0.25) is 13.9 Å². The maximum Gasteiger partial charge on any atom is 0.244 e. The van der Waals surface area contributed by atoms with Crippen LogP contribution in [0.1, 0.15) is 43.4 Å². The van der Waals surface area contributed by atoms with Crippen LogP contribution in [0.2, 0.25) is 0 Å². The Bertz CT molecular complexity index is 1310. The van der Waals surface area contributed by atoms with E-state index in [4.69, 9.17) is 0 Å². The maximum atomic E-state index is 14.1. The summed E-state index contributed by atoms with van der Waals surface area (Å²) >= 11 is 0. The van der Waals surface area contributed by atoms with Gasteiger partial charge in [0.25, 0.3) is 0 Å². The Kier molecular flexibility index (Phi) is 11.1. The molecule has 3 rings (SSSR count). The maximum absolute atomic E-state index is 14.1. The first-order chi connectivity index (χ1) is 18.7. The molecule has 0 aromatic heterocycles. The molecule has 0 saturated heterocycles. The van der Waals surface area contributed by atoms with Crippen LogP contribution in [0.5, 0.6) is 0 Å². The summed E-state index contributed by atoms with van der Waals surface area (Å²) in [4.78, 5) is 29.2. The van der Waals surface area contributed by atoms with E-state index in [9.17, 15) is 18.0 Å². The molecule has 2 amide bonds. The van der Waals surface area contributed by atoms with Crippen molar-refractivity contribution in [3.8, 4) is 0 Å². The Hall–Kier alpha value is -3.65. The van der Waals surface area contributed by atoms with Crippen molar-refractivity contribution in [1.82, 2.24) is 10.2 Å². The van der Waals surface area contributed by atoms with Gasteiger partial charge < -0.3 is 10.2 Å². The van der Waals surface area contributed by atoms with E-state index in [1.807, 2.05) is 86.6 Å². The Morgan fingerprint density at radius 1 is 0.846 bits per heavy atom. The van der Waals surface area contributed by atoms with Crippen molar-refractivity contribution in [2.75, 3.05) is 23.7 Å². The lowest BCUT2D eigenvalue weighted by Crippen LogP contribution is -2.53. The summed E-state index contributed by atoms with van der Waals surface area (Å²) in [5, 5.41) is 2.99. The lowest BCUT2D eigenvalue weighted by atomic mass is 10.0. The number of benzene rings is 3. The molecule has 0 bridgehead atoms. The Labute approximate surface area is 232 Å². The summed E-state index contributed by atoms with van der Waals surface area (Å²) in [6.45, 7) is 4.26. The van der Waals surface area contributed by atoms with Gasteiger partial charge in [0.1, 0.15) is 12.6 Å². The third-order valence-electron chi connectivity index (χ3n) is 6.62. The molecule has 0 saturated carbocycles. The fourth-order valence-electron chi connectivity index (χ4n) is 4.49. The fraction of sp³-hybridized carbons (Fsp3) is 0.355. The number of nitrogens with zero attached hydrogens (tertiary/aromatic N) is 2. The summed E-state index contributed by atoms with van der Waals surface area (Å²) in [7, 11) is -3.79. The van der Waals surface area contributed by atoms with E-state index in [-0.39, 0.29) is 12.5 Å². The smallest absolute Gasteiger partial charge is 0.244 e. The van der Waals surface area contributed by atoms with Crippen molar-refractivity contribution in [3.63, 3.8) is 0 Å². The van der Waals surface area contributed by atoms with Gasteiger partial charge in [0.15, 0.2) is 0 Å². The zero-order valence-electron chi connectivity index (χ0n) is 23.0. The van der Waals surface area contributed by atoms with E-state index in [2.05, 4.69) is 5.32 Å². The number of hydrogen-bond acceptors (Lipinski definition) is 4. The largest absolute Gasteiger partial charge is 0.354 e. The van der Waals surface area contributed by atoms with Crippen molar-refractivity contribution in [2.45, 2.75) is 52.1 Å². The van der Waals surface area contributed by atoms with Crippen molar-refractivity contribution >= 4 is 27.5 Å². The van der Waals surface area contributed by atoms with E-state index in [0.29, 0.717) is 25.1 Å². The zero-order valence-corrected chi connectivity index (χ0v) is 23.9. The molecule has 0 spiro atoms. The van der Waals surface area contributed by atoms with Crippen LogP contribution >= 0.6 is 0 Å². The topological polar surface area (TPSA) is 86.8 Å². The first-order valence-electron chi connectivity index (χ1n) is 13.4. The molecule has 0 fully saturated rings. The highest BCUT2D eigenvalue weighted by Gasteiger charge is 2.33. The number of nitrogens with one attached hydrogen (secondary N) is 1. The lowest BCUT2D eigenvalue weighted by molar-refractivity contribution is -0.140. The van der Waals surface area contributed by atoms with Crippen molar-refractivity contribution in [1.29, 1.82) is 0 Å². The molecule has 0 radical (unpaired) electrons. The second kappa shape index (κ2) is 14.5. The first-order valence-corrected chi connectivity index (χ1v) is 15.3. The highest BCUT2D eigenvalue weighted by Crippen LogP contribution is 2.24. The molecule has 0 heterocycles. The lowest BCUT2D eigenvalue weighted by Gasteiger charge is -2.34. The zero-order chi connectivity index (χ0) is 28.3. The van der Waals surface area contributed by atoms with Gasteiger partial charge in [0, 0.05) is 19.5 Å². The summed E-state index contributed by atoms with van der Waals surface area (Å²) in [6, 6.07) is 25.4. The van der Waals surface area contributed by atoms with Gasteiger partial charge in [-0.1, -0.05) is 99.1 Å². The SMILES string of the molecule is CCCCNC(=O)[C@H](Cc1ccccc1)N(Cc1ccccc1)C(=O)CN(c1ccccc1CC)S(C)(=O)=O. The minimum absolute atomic E-state index is 0.172. The molecule has 0 unspecified atom stereocenters. The van der Waals surface area contributed by atoms with Crippen LogP contribution in [-0.4, -0.2) is 50.5 Å². The molecular weight excluding hydrogens is 510 g/mol. The molecule has 3 aromatic rings. The molecule has 1 N–H and O–H groups in total. The molecule has 208 valence electrons. The second-order valence-electron chi connectivity index (χ2n) is 9.61. The number of rotatable bonds is 14. The Morgan fingerprint density at radius 3 is 2.03 bits per heavy atom. The van der Waals surface area contributed by atoms with Gasteiger partial charge in [0.2, 0.25) is 21.8 Å². The first kappa shape index (κ1) is 29.9. The van der Waals surface area contributed by atoms with Crippen LogP contribution in [0.15, 0.2) is 84.9 Å². The molecule has 0 aliphatic carbocycles. The minimum Gasteiger partial charge on any atom is -0.354 e. The molecule has 7 nitrogen and oxygen atoms in total. The number of hydrogen-bond donors (Lipinski definition) is 1. The normalized spacial score (nSPS) is 12.0. The van der Waals surface area contributed by atoms with E-state index >= 15 is 0 Å². The molecule has 8 heteroatoms. The minimum atomic E-state index is -3.79. The van der Waals surface area contributed by atoms with Crippen LogP contribution in [0.4, 0.5) is 5.69 Å². The van der Waals surface area contributed by atoms with Gasteiger partial charge in [0.05, 0.1) is 11.9 Å². The number of carbonyl (C=O) groups is 2. The Balaban J connectivity index is 2.03. The van der Waals surface area contributed by atoms with Crippen LogP contribution in [-0.2, 0) is 39.0 Å². The van der Waals surface area contributed by atoms with E-state index in [1.165, 1.54) is 4.90 Å². The molecule has 0 aliphatic heterocycles. The van der Waals surface area contributed by atoms with E-state index < -0.39 is 28.5 Å². The quantitative estimate of drug-likeness (QED) is 0.299. The van der Waals surface area contributed by atoms with Crippen LogP contribution in [0, 0.1) is 0 Å². The number of unbranched alkanes of at least 4 members (excludes halogenated alkanes) is 1. The highest BCUT2D eigenvalue weighted by atomic mass is 32.2. The number of aryl methyl sites for hydroxylation is 1. The summed E-state index contributed by atoms with van der Waals surface area (Å²) in [6.07, 6.45) is 3.78. The predicted molar refractivity (Wildman–Crippen MR) is 157 cm³/mol. The summed E-state index contributed by atoms with van der Waals surface area (Å²) < 4.78 is 27.1. The highest BCUT2D eigenvalue weighted by molar-refractivity contribution is 7.92. The third kappa shape index (κ3) is 8.68. The molecule has 1 atom stereocenters. The molecule has 39 heavy (non-hydrogen) atoms. The van der Waals surface area contributed by atoms with Gasteiger partial charge >= 0.3 is 0 Å². The second-order valence-corrected chi connectivity index (χ2v) is 11.5. The number of para-hydroxylation sites is 1. The number of carbonyl (C=O) groups excluding carboxylic acids is 2. The summed E-state index contributed by atoms with van der Waals surface area (Å²) in [5.74, 6) is -0.696. The monoisotopic (exact) mass is 549 g/mol. The predicted octanol–water partition coefficient (Wildman–Crippen LogP) is 4.57.